The van der Waals surface area contributed by atoms with Gasteiger partial charge in [-0.05, 0) is 36.8 Å². The van der Waals surface area contributed by atoms with E-state index in [9.17, 15) is 17.6 Å². The summed E-state index contributed by atoms with van der Waals surface area (Å²) in [7, 11) is 1.35. The lowest BCUT2D eigenvalue weighted by atomic mass is 10.1. The van der Waals surface area contributed by atoms with Crippen molar-refractivity contribution in [2.24, 2.45) is 0 Å². The van der Waals surface area contributed by atoms with Crippen LogP contribution in [0.15, 0.2) is 36.5 Å². The molecule has 1 heterocycles. The molecule has 2 rings (SSSR count). The topological polar surface area (TPSA) is 34.1 Å². The SMILES string of the molecule is COc1ccc(C(C)Nc2cc(C(F)(F)F)ccn2)cc1F. The lowest BCUT2D eigenvalue weighted by molar-refractivity contribution is -0.137. The van der Waals surface area contributed by atoms with Crippen LogP contribution in [0, 0.1) is 5.82 Å². The van der Waals surface area contributed by atoms with Crippen molar-refractivity contribution in [3.8, 4) is 5.75 Å². The van der Waals surface area contributed by atoms with Crippen LogP contribution >= 0.6 is 0 Å². The third-order valence-electron chi connectivity index (χ3n) is 3.13. The molecule has 0 aliphatic heterocycles. The summed E-state index contributed by atoms with van der Waals surface area (Å²) < 4.78 is 56.4. The summed E-state index contributed by atoms with van der Waals surface area (Å²) in [6.45, 7) is 1.70. The van der Waals surface area contributed by atoms with Crippen LogP contribution in [0.25, 0.3) is 0 Å². The van der Waals surface area contributed by atoms with Gasteiger partial charge in [0.2, 0.25) is 0 Å². The first-order chi connectivity index (χ1) is 10.3. The summed E-state index contributed by atoms with van der Waals surface area (Å²) in [6.07, 6.45) is -3.36. The second-order valence-corrected chi connectivity index (χ2v) is 4.69. The fourth-order valence-electron chi connectivity index (χ4n) is 1.94. The predicted octanol–water partition coefficient (Wildman–Crippen LogP) is 4.42. The molecule has 1 aromatic heterocycles. The van der Waals surface area contributed by atoms with Crippen LogP contribution in [-0.2, 0) is 6.18 Å². The molecule has 0 aliphatic rings. The van der Waals surface area contributed by atoms with E-state index in [1.54, 1.807) is 13.0 Å². The Labute approximate surface area is 124 Å². The minimum absolute atomic E-state index is 0.0681. The van der Waals surface area contributed by atoms with Crippen molar-refractivity contribution in [2.45, 2.75) is 19.1 Å². The number of ether oxygens (including phenoxy) is 1. The van der Waals surface area contributed by atoms with Crippen LogP contribution in [0.5, 0.6) is 5.75 Å². The molecule has 0 amide bonds. The van der Waals surface area contributed by atoms with Crippen LogP contribution in [0.4, 0.5) is 23.4 Å². The van der Waals surface area contributed by atoms with Gasteiger partial charge in [-0.2, -0.15) is 13.2 Å². The Morgan fingerprint density at radius 1 is 1.18 bits per heavy atom. The van der Waals surface area contributed by atoms with Gasteiger partial charge in [-0.15, -0.1) is 0 Å². The van der Waals surface area contributed by atoms with E-state index in [-0.39, 0.29) is 11.6 Å². The van der Waals surface area contributed by atoms with E-state index in [0.29, 0.717) is 5.56 Å². The van der Waals surface area contributed by atoms with Gasteiger partial charge in [0.15, 0.2) is 11.6 Å². The predicted molar refractivity (Wildman–Crippen MR) is 74.2 cm³/mol. The first-order valence-electron chi connectivity index (χ1n) is 6.44. The number of nitrogens with one attached hydrogen (secondary N) is 1. The lowest BCUT2D eigenvalue weighted by Crippen LogP contribution is -2.11. The molecular weight excluding hydrogens is 300 g/mol. The number of nitrogens with zero attached hydrogens (tertiary/aromatic N) is 1. The van der Waals surface area contributed by atoms with Gasteiger partial charge in [0.05, 0.1) is 18.7 Å². The van der Waals surface area contributed by atoms with Crippen molar-refractivity contribution < 1.29 is 22.3 Å². The lowest BCUT2D eigenvalue weighted by Gasteiger charge is -2.16. The summed E-state index contributed by atoms with van der Waals surface area (Å²) >= 11 is 0. The molecule has 3 nitrogen and oxygen atoms in total. The first-order valence-corrected chi connectivity index (χ1v) is 6.44. The standard InChI is InChI=1S/C15H14F4N2O/c1-9(10-3-4-13(22-2)12(16)7-10)21-14-8-11(5-6-20-14)15(17,18)19/h3-9H,1-2H3,(H,20,21). The molecule has 0 bridgehead atoms. The van der Waals surface area contributed by atoms with Crippen LogP contribution in [0.3, 0.4) is 0 Å². The Morgan fingerprint density at radius 3 is 2.50 bits per heavy atom. The van der Waals surface area contributed by atoms with Gasteiger partial charge >= 0.3 is 6.18 Å². The first kappa shape index (κ1) is 16.1. The maximum Gasteiger partial charge on any atom is 0.416 e. The normalized spacial score (nSPS) is 12.8. The molecule has 118 valence electrons. The van der Waals surface area contributed by atoms with Gasteiger partial charge in [-0.25, -0.2) is 9.37 Å². The molecule has 7 heteroatoms. The highest BCUT2D eigenvalue weighted by Crippen LogP contribution is 2.31. The number of hydrogen-bond acceptors (Lipinski definition) is 3. The maximum absolute atomic E-state index is 13.7. The highest BCUT2D eigenvalue weighted by atomic mass is 19.4. The minimum Gasteiger partial charge on any atom is -0.494 e. The van der Waals surface area contributed by atoms with Gasteiger partial charge in [0.1, 0.15) is 5.82 Å². The van der Waals surface area contributed by atoms with Crippen molar-refractivity contribution >= 4 is 5.82 Å². The molecule has 22 heavy (non-hydrogen) atoms. The van der Waals surface area contributed by atoms with E-state index in [2.05, 4.69) is 10.3 Å². The largest absolute Gasteiger partial charge is 0.494 e. The zero-order valence-electron chi connectivity index (χ0n) is 11.9. The highest BCUT2D eigenvalue weighted by Gasteiger charge is 2.30. The van der Waals surface area contributed by atoms with Crippen molar-refractivity contribution in [3.63, 3.8) is 0 Å². The quantitative estimate of drug-likeness (QED) is 0.848. The number of methoxy groups -OCH3 is 1. The van der Waals surface area contributed by atoms with Crippen molar-refractivity contribution in [2.75, 3.05) is 12.4 Å². The van der Waals surface area contributed by atoms with Crippen LogP contribution in [0.1, 0.15) is 24.1 Å². The van der Waals surface area contributed by atoms with E-state index < -0.39 is 23.6 Å². The summed E-state index contributed by atoms with van der Waals surface area (Å²) in [5.41, 5.74) is -0.226. The molecule has 0 saturated heterocycles. The molecule has 0 aliphatic carbocycles. The minimum atomic E-state index is -4.44. The smallest absolute Gasteiger partial charge is 0.416 e. The summed E-state index contributed by atoms with van der Waals surface area (Å²) in [5.74, 6) is -0.364. The third-order valence-corrected chi connectivity index (χ3v) is 3.13. The molecule has 2 aromatic rings. The van der Waals surface area contributed by atoms with Crippen LogP contribution in [-0.4, -0.2) is 12.1 Å². The number of pyridine rings is 1. The maximum atomic E-state index is 13.7. The Morgan fingerprint density at radius 2 is 1.91 bits per heavy atom. The Kier molecular flexibility index (Phi) is 4.54. The molecule has 1 aromatic carbocycles. The molecule has 1 atom stereocenters. The summed E-state index contributed by atoms with van der Waals surface area (Å²) in [5, 5.41) is 2.82. The zero-order chi connectivity index (χ0) is 16.3. The van der Waals surface area contributed by atoms with Crippen LogP contribution < -0.4 is 10.1 Å². The van der Waals surface area contributed by atoms with E-state index in [4.69, 9.17) is 4.74 Å². The van der Waals surface area contributed by atoms with Crippen molar-refractivity contribution in [1.29, 1.82) is 0 Å². The zero-order valence-corrected chi connectivity index (χ0v) is 11.9. The number of rotatable bonds is 4. The van der Waals surface area contributed by atoms with Gasteiger partial charge < -0.3 is 10.1 Å². The number of halogens is 4. The van der Waals surface area contributed by atoms with E-state index in [1.165, 1.54) is 19.2 Å². The van der Waals surface area contributed by atoms with Crippen LogP contribution in [0.2, 0.25) is 0 Å². The van der Waals surface area contributed by atoms with Gasteiger partial charge in [-0.3, -0.25) is 0 Å². The Balaban J connectivity index is 2.18. The highest BCUT2D eigenvalue weighted by molar-refractivity contribution is 5.42. The van der Waals surface area contributed by atoms with E-state index >= 15 is 0 Å². The van der Waals surface area contributed by atoms with E-state index in [0.717, 1.165) is 18.3 Å². The summed E-state index contributed by atoms with van der Waals surface area (Å²) in [4.78, 5) is 3.84. The average molecular weight is 314 g/mol. The number of alkyl halides is 3. The van der Waals surface area contributed by atoms with Gasteiger partial charge in [0, 0.05) is 6.20 Å². The molecular formula is C15H14F4N2O. The Bertz CT molecular complexity index is 658. The van der Waals surface area contributed by atoms with Gasteiger partial charge in [0.25, 0.3) is 0 Å². The summed E-state index contributed by atoms with van der Waals surface area (Å²) in [6, 6.07) is 5.75. The Hall–Kier alpha value is -2.31. The van der Waals surface area contributed by atoms with E-state index in [1.807, 2.05) is 0 Å². The molecule has 0 saturated carbocycles. The van der Waals surface area contributed by atoms with Crippen molar-refractivity contribution in [3.05, 3.63) is 53.5 Å². The number of aromatic nitrogens is 1. The second-order valence-electron chi connectivity index (χ2n) is 4.69. The van der Waals surface area contributed by atoms with Gasteiger partial charge in [-0.1, -0.05) is 6.07 Å². The molecule has 1 N–H and O–H groups in total. The van der Waals surface area contributed by atoms with Crippen molar-refractivity contribution in [1.82, 2.24) is 4.98 Å². The number of benzene rings is 1. The fourth-order valence-corrected chi connectivity index (χ4v) is 1.94. The average Bonchev–Trinajstić information content (AvgIpc) is 2.46. The molecule has 0 radical (unpaired) electrons. The number of anilines is 1. The number of hydrogen-bond donors (Lipinski definition) is 1. The molecule has 0 fully saturated rings. The fraction of sp³-hybridized carbons (Fsp3) is 0.267. The molecule has 0 spiro atoms. The third kappa shape index (κ3) is 3.66. The monoisotopic (exact) mass is 314 g/mol. The molecule has 1 unspecified atom stereocenters. The second kappa shape index (κ2) is 6.21.